The van der Waals surface area contributed by atoms with E-state index in [0.29, 0.717) is 23.1 Å². The molecule has 0 saturated heterocycles. The number of fused-ring (bicyclic) bond motifs is 1. The van der Waals surface area contributed by atoms with Crippen molar-refractivity contribution in [3.05, 3.63) is 60.9 Å². The maximum absolute atomic E-state index is 12.0. The van der Waals surface area contributed by atoms with Gasteiger partial charge in [-0.05, 0) is 35.7 Å². The third-order valence-corrected chi connectivity index (χ3v) is 5.16. The summed E-state index contributed by atoms with van der Waals surface area (Å²) in [7, 11) is 0. The summed E-state index contributed by atoms with van der Waals surface area (Å²) in [5.74, 6) is 1.30. The van der Waals surface area contributed by atoms with Gasteiger partial charge in [-0.15, -0.1) is 0 Å². The average Bonchev–Trinajstić information content (AvgIpc) is 3.22. The molecule has 0 saturated carbocycles. The van der Waals surface area contributed by atoms with Gasteiger partial charge in [0.05, 0.1) is 11.9 Å². The number of nitrogens with zero attached hydrogens (tertiary/aromatic N) is 2. The molecule has 174 valence electrons. The lowest BCUT2D eigenvalue weighted by molar-refractivity contribution is -0.122. The van der Waals surface area contributed by atoms with E-state index < -0.39 is 0 Å². The third kappa shape index (κ3) is 5.23. The van der Waals surface area contributed by atoms with E-state index in [9.17, 15) is 9.59 Å². The number of aromatic nitrogens is 2. The van der Waals surface area contributed by atoms with Crippen LogP contribution in [0.5, 0.6) is 0 Å². The summed E-state index contributed by atoms with van der Waals surface area (Å²) in [6.07, 6.45) is 1.50. The van der Waals surface area contributed by atoms with E-state index in [1.807, 2.05) is 42.5 Å². The first-order valence-corrected chi connectivity index (χ1v) is 11.1. The first-order chi connectivity index (χ1) is 16.4. The predicted molar refractivity (Wildman–Crippen MR) is 133 cm³/mol. The van der Waals surface area contributed by atoms with Gasteiger partial charge in [0, 0.05) is 30.3 Å². The van der Waals surface area contributed by atoms with Gasteiger partial charge in [-0.2, -0.15) is 0 Å². The second kappa shape index (κ2) is 10.2. The van der Waals surface area contributed by atoms with E-state index >= 15 is 0 Å². The molecular weight excluding hydrogens is 430 g/mol. The summed E-state index contributed by atoms with van der Waals surface area (Å²) in [5, 5.41) is 9.50. The van der Waals surface area contributed by atoms with E-state index in [-0.39, 0.29) is 18.4 Å². The van der Waals surface area contributed by atoms with E-state index in [1.165, 1.54) is 13.3 Å². The summed E-state index contributed by atoms with van der Waals surface area (Å²) in [6.45, 7) is 6.34. The first kappa shape index (κ1) is 23.0. The van der Waals surface area contributed by atoms with E-state index in [1.54, 1.807) is 12.1 Å². The molecule has 4 aromatic rings. The number of benzene rings is 2. The van der Waals surface area contributed by atoms with E-state index in [0.717, 1.165) is 34.4 Å². The van der Waals surface area contributed by atoms with Gasteiger partial charge >= 0.3 is 0 Å². The van der Waals surface area contributed by atoms with Crippen LogP contribution in [-0.2, 0) is 9.59 Å². The van der Waals surface area contributed by atoms with Gasteiger partial charge in [0.2, 0.25) is 17.5 Å². The third-order valence-electron chi connectivity index (χ3n) is 5.16. The summed E-state index contributed by atoms with van der Waals surface area (Å²) in [5.41, 5.74) is 3.86. The average molecular weight is 458 g/mol. The normalized spacial score (nSPS) is 10.9. The minimum Gasteiger partial charge on any atom is -0.437 e. The van der Waals surface area contributed by atoms with Gasteiger partial charge < -0.3 is 20.4 Å². The molecule has 0 aliphatic carbocycles. The zero-order valence-electron chi connectivity index (χ0n) is 19.4. The largest absolute Gasteiger partial charge is 0.437 e. The maximum Gasteiger partial charge on any atom is 0.243 e. The Hall–Kier alpha value is -4.20. The first-order valence-electron chi connectivity index (χ1n) is 11.1. The van der Waals surface area contributed by atoms with Crippen molar-refractivity contribution in [2.24, 2.45) is 5.92 Å². The zero-order valence-corrected chi connectivity index (χ0v) is 19.4. The van der Waals surface area contributed by atoms with Crippen LogP contribution in [0.1, 0.15) is 20.8 Å². The Balaban J connectivity index is 1.73. The van der Waals surface area contributed by atoms with Crippen molar-refractivity contribution in [3.8, 4) is 22.5 Å². The number of carbonyl (C=O) groups is 2. The zero-order chi connectivity index (χ0) is 24.1. The number of rotatable bonds is 8. The number of furan rings is 1. The molecule has 34 heavy (non-hydrogen) atoms. The predicted octanol–water partition coefficient (Wildman–Crippen LogP) is 4.70. The Labute approximate surface area is 197 Å². The molecule has 4 rings (SSSR count). The van der Waals surface area contributed by atoms with Gasteiger partial charge in [-0.1, -0.05) is 44.2 Å². The highest BCUT2D eigenvalue weighted by atomic mass is 16.3. The number of hydrogen-bond acceptors (Lipinski definition) is 6. The van der Waals surface area contributed by atoms with Crippen molar-refractivity contribution in [1.29, 1.82) is 0 Å². The summed E-state index contributed by atoms with van der Waals surface area (Å²) >= 11 is 0. The Bertz CT molecular complexity index is 1300. The molecule has 8 heteroatoms. The fraction of sp³-hybridized carbons (Fsp3) is 0.231. The minimum absolute atomic E-state index is 0.0797. The highest BCUT2D eigenvalue weighted by molar-refractivity contribution is 6.06. The van der Waals surface area contributed by atoms with Crippen molar-refractivity contribution < 1.29 is 14.0 Å². The molecule has 3 N–H and O–H groups in total. The standard InChI is InChI=1S/C26H27N5O3/c1-16(2)13-28-25-23-22(18-7-5-4-6-8-18)24(34-26(23)30-15-29-25)19-9-11-20(12-10-19)31-21(33)14-27-17(3)32/h4-12,15-16H,13-14H2,1-3H3,(H,27,32)(H,31,33)(H,28,29,30). The van der Waals surface area contributed by atoms with Gasteiger partial charge in [0.1, 0.15) is 17.9 Å². The summed E-state index contributed by atoms with van der Waals surface area (Å²) < 4.78 is 6.25. The van der Waals surface area contributed by atoms with Gasteiger partial charge in [0.15, 0.2) is 0 Å². The van der Waals surface area contributed by atoms with Crippen LogP contribution in [0.15, 0.2) is 65.3 Å². The molecule has 2 aromatic carbocycles. The number of anilines is 2. The van der Waals surface area contributed by atoms with Crippen molar-refractivity contribution in [1.82, 2.24) is 15.3 Å². The molecule has 8 nitrogen and oxygen atoms in total. The SMILES string of the molecule is CC(=O)NCC(=O)Nc1ccc(-c2oc3ncnc(NCC(C)C)c3c2-c2ccccc2)cc1. The van der Waals surface area contributed by atoms with Gasteiger partial charge in [-0.3, -0.25) is 9.59 Å². The molecule has 0 unspecified atom stereocenters. The van der Waals surface area contributed by atoms with Crippen LogP contribution in [0.4, 0.5) is 11.5 Å². The number of nitrogens with one attached hydrogen (secondary N) is 3. The molecule has 0 aliphatic rings. The lowest BCUT2D eigenvalue weighted by atomic mass is 9.99. The highest BCUT2D eigenvalue weighted by Gasteiger charge is 2.22. The molecule has 0 bridgehead atoms. The monoisotopic (exact) mass is 457 g/mol. The molecule has 2 aromatic heterocycles. The molecule has 2 heterocycles. The quantitative estimate of drug-likeness (QED) is 0.354. The topological polar surface area (TPSA) is 109 Å². The van der Waals surface area contributed by atoms with Gasteiger partial charge in [0.25, 0.3) is 0 Å². The van der Waals surface area contributed by atoms with Crippen LogP contribution in [0.3, 0.4) is 0 Å². The Morgan fingerprint density at radius 2 is 1.71 bits per heavy atom. The molecule has 2 amide bonds. The highest BCUT2D eigenvalue weighted by Crippen LogP contribution is 2.42. The van der Waals surface area contributed by atoms with Gasteiger partial charge in [-0.25, -0.2) is 9.97 Å². The van der Waals surface area contributed by atoms with Crippen LogP contribution in [0.2, 0.25) is 0 Å². The molecule has 0 spiro atoms. The Morgan fingerprint density at radius 3 is 2.38 bits per heavy atom. The number of hydrogen-bond donors (Lipinski definition) is 3. The molecule has 0 radical (unpaired) electrons. The van der Waals surface area contributed by atoms with Crippen LogP contribution < -0.4 is 16.0 Å². The Kier molecular flexibility index (Phi) is 6.87. The van der Waals surface area contributed by atoms with Crippen LogP contribution in [-0.4, -0.2) is 34.9 Å². The molecule has 0 fully saturated rings. The molecule has 0 atom stereocenters. The Morgan fingerprint density at radius 1 is 0.971 bits per heavy atom. The van der Waals surface area contributed by atoms with E-state index in [4.69, 9.17) is 4.42 Å². The number of carbonyl (C=O) groups excluding carboxylic acids is 2. The smallest absolute Gasteiger partial charge is 0.243 e. The molecule has 0 aliphatic heterocycles. The second-order valence-electron chi connectivity index (χ2n) is 8.38. The minimum atomic E-state index is -0.298. The van der Waals surface area contributed by atoms with Crippen LogP contribution in [0.25, 0.3) is 33.6 Å². The van der Waals surface area contributed by atoms with Crippen molar-refractivity contribution >= 4 is 34.4 Å². The lowest BCUT2D eigenvalue weighted by Crippen LogP contribution is -2.31. The fourth-order valence-corrected chi connectivity index (χ4v) is 3.57. The van der Waals surface area contributed by atoms with Crippen LogP contribution in [0, 0.1) is 5.92 Å². The fourth-order valence-electron chi connectivity index (χ4n) is 3.57. The van der Waals surface area contributed by atoms with Crippen molar-refractivity contribution in [3.63, 3.8) is 0 Å². The molecular formula is C26H27N5O3. The lowest BCUT2D eigenvalue weighted by Gasteiger charge is -2.10. The van der Waals surface area contributed by atoms with Crippen LogP contribution >= 0.6 is 0 Å². The summed E-state index contributed by atoms with van der Waals surface area (Å²) in [6, 6.07) is 17.4. The number of amides is 2. The van der Waals surface area contributed by atoms with Crippen molar-refractivity contribution in [2.75, 3.05) is 23.7 Å². The second-order valence-corrected chi connectivity index (χ2v) is 8.38. The van der Waals surface area contributed by atoms with Crippen molar-refractivity contribution in [2.45, 2.75) is 20.8 Å². The summed E-state index contributed by atoms with van der Waals surface area (Å²) in [4.78, 5) is 31.9. The van der Waals surface area contributed by atoms with E-state index in [2.05, 4.69) is 39.8 Å². The maximum atomic E-state index is 12.0.